The molecule has 1 fully saturated rings. The number of amides is 1. The molecule has 11 heteroatoms. The van der Waals surface area contributed by atoms with Crippen molar-refractivity contribution in [3.8, 4) is 0 Å². The topological polar surface area (TPSA) is 60.9 Å². The van der Waals surface area contributed by atoms with Gasteiger partial charge in [0.25, 0.3) is 0 Å². The largest absolute Gasteiger partial charge is 0.416 e. The predicted octanol–water partition coefficient (Wildman–Crippen LogP) is 3.72. The fraction of sp³-hybridized carbons (Fsp3) is 0.381. The second-order valence-corrected chi connectivity index (χ2v) is 9.68. The molecule has 0 unspecified atom stereocenters. The fourth-order valence-electron chi connectivity index (χ4n) is 3.47. The second kappa shape index (κ2) is 9.68. The van der Waals surface area contributed by atoms with E-state index in [1.165, 1.54) is 35.2 Å². The van der Waals surface area contributed by atoms with Gasteiger partial charge in [-0.05, 0) is 42.5 Å². The first-order chi connectivity index (χ1) is 15.0. The summed E-state index contributed by atoms with van der Waals surface area (Å²) in [4.78, 5) is 16.1. The van der Waals surface area contributed by atoms with Gasteiger partial charge in [-0.3, -0.25) is 4.79 Å². The molecule has 0 bridgehead atoms. The summed E-state index contributed by atoms with van der Waals surface area (Å²) in [6, 6.07) is 10.8. The summed E-state index contributed by atoms with van der Waals surface area (Å²) in [5, 5.41) is 0.404. The fourth-order valence-corrected chi connectivity index (χ4v) is 4.99. The number of carbonyl (C=O) groups is 1. The zero-order valence-corrected chi connectivity index (χ0v) is 18.9. The Hall–Kier alpha value is -2.30. The molecule has 2 aromatic rings. The van der Waals surface area contributed by atoms with Crippen molar-refractivity contribution < 1.29 is 26.4 Å². The minimum Gasteiger partial charge on any atom is -0.368 e. The average molecular weight is 490 g/mol. The Bertz CT molecular complexity index is 1050. The van der Waals surface area contributed by atoms with Crippen LogP contribution in [0.25, 0.3) is 0 Å². The van der Waals surface area contributed by atoms with Crippen molar-refractivity contribution in [3.05, 3.63) is 59.1 Å². The highest BCUT2D eigenvalue weighted by molar-refractivity contribution is 7.89. The van der Waals surface area contributed by atoms with E-state index in [9.17, 15) is 26.4 Å². The van der Waals surface area contributed by atoms with Crippen LogP contribution in [0.5, 0.6) is 0 Å². The van der Waals surface area contributed by atoms with Gasteiger partial charge >= 0.3 is 6.18 Å². The first kappa shape index (κ1) is 24.3. The molecule has 0 atom stereocenters. The molecule has 1 amide bonds. The van der Waals surface area contributed by atoms with Crippen molar-refractivity contribution >= 4 is 33.2 Å². The number of hydrogen-bond donors (Lipinski definition) is 0. The third-order valence-electron chi connectivity index (χ3n) is 5.29. The number of nitrogens with zero attached hydrogens (tertiary/aromatic N) is 3. The summed E-state index contributed by atoms with van der Waals surface area (Å²) in [6.45, 7) is 2.71. The van der Waals surface area contributed by atoms with Crippen LogP contribution >= 0.6 is 11.6 Å². The van der Waals surface area contributed by atoms with Crippen LogP contribution in [0, 0.1) is 0 Å². The van der Waals surface area contributed by atoms with Crippen LogP contribution in [0.3, 0.4) is 0 Å². The van der Waals surface area contributed by atoms with Gasteiger partial charge in [-0.15, -0.1) is 0 Å². The molecule has 1 aliphatic heterocycles. The molecule has 6 nitrogen and oxygen atoms in total. The minimum absolute atomic E-state index is 0.0471. The van der Waals surface area contributed by atoms with Gasteiger partial charge in [-0.25, -0.2) is 8.42 Å². The van der Waals surface area contributed by atoms with Crippen LogP contribution in [-0.4, -0.2) is 62.8 Å². The van der Waals surface area contributed by atoms with Crippen LogP contribution in [-0.2, 0) is 21.0 Å². The van der Waals surface area contributed by atoms with E-state index in [-0.39, 0.29) is 37.0 Å². The van der Waals surface area contributed by atoms with Crippen LogP contribution in [0.2, 0.25) is 5.02 Å². The molecule has 174 valence electrons. The van der Waals surface area contributed by atoms with Crippen molar-refractivity contribution in [2.75, 3.05) is 44.2 Å². The summed E-state index contributed by atoms with van der Waals surface area (Å²) < 4.78 is 65.7. The summed E-state index contributed by atoms with van der Waals surface area (Å²) >= 11 is 5.82. The predicted molar refractivity (Wildman–Crippen MR) is 116 cm³/mol. The average Bonchev–Trinajstić information content (AvgIpc) is 2.77. The smallest absolute Gasteiger partial charge is 0.368 e. The normalized spacial score (nSPS) is 15.3. The molecule has 1 saturated heterocycles. The molecule has 0 radical (unpaired) electrons. The Morgan fingerprint density at radius 3 is 2.25 bits per heavy atom. The number of benzene rings is 2. The third-order valence-corrected chi connectivity index (χ3v) is 7.47. The van der Waals surface area contributed by atoms with Gasteiger partial charge in [-0.1, -0.05) is 24.6 Å². The van der Waals surface area contributed by atoms with Crippen LogP contribution in [0.1, 0.15) is 12.5 Å². The first-order valence-electron chi connectivity index (χ1n) is 9.98. The lowest BCUT2D eigenvalue weighted by atomic mass is 10.1. The van der Waals surface area contributed by atoms with Gasteiger partial charge in [0.2, 0.25) is 15.9 Å². The van der Waals surface area contributed by atoms with Crippen molar-refractivity contribution in [1.82, 2.24) is 9.21 Å². The maximum Gasteiger partial charge on any atom is 0.416 e. The zero-order chi connectivity index (χ0) is 23.5. The van der Waals surface area contributed by atoms with E-state index < -0.39 is 21.8 Å². The Morgan fingerprint density at radius 1 is 1.06 bits per heavy atom. The molecule has 0 aliphatic carbocycles. The highest BCUT2D eigenvalue weighted by Crippen LogP contribution is 2.32. The molecule has 3 rings (SSSR count). The van der Waals surface area contributed by atoms with Gasteiger partial charge in [0.15, 0.2) is 0 Å². The quantitative estimate of drug-likeness (QED) is 0.620. The highest BCUT2D eigenvalue weighted by Gasteiger charge is 2.32. The zero-order valence-electron chi connectivity index (χ0n) is 17.3. The molecular weight excluding hydrogens is 467 g/mol. The maximum atomic E-state index is 13.0. The molecule has 1 aliphatic rings. The lowest BCUT2D eigenvalue weighted by molar-refractivity contribution is -0.137. The molecule has 0 aromatic heterocycles. The van der Waals surface area contributed by atoms with E-state index in [1.54, 1.807) is 17.9 Å². The van der Waals surface area contributed by atoms with Crippen molar-refractivity contribution in [2.45, 2.75) is 18.0 Å². The van der Waals surface area contributed by atoms with Crippen molar-refractivity contribution in [3.63, 3.8) is 0 Å². The van der Waals surface area contributed by atoms with E-state index in [2.05, 4.69) is 0 Å². The Labute approximate surface area is 190 Å². The van der Waals surface area contributed by atoms with E-state index in [0.29, 0.717) is 23.8 Å². The SMILES string of the molecule is CCN(CC(=O)N1CCN(c2cccc(C(F)(F)F)c2)CC1)S(=O)(=O)c1ccc(Cl)cc1. The van der Waals surface area contributed by atoms with Gasteiger partial charge in [-0.2, -0.15) is 17.5 Å². The number of halogens is 4. The number of alkyl halides is 3. The van der Waals surface area contributed by atoms with Gasteiger partial charge in [0.1, 0.15) is 0 Å². The number of likely N-dealkylation sites (N-methyl/N-ethyl adjacent to an activating group) is 1. The Kier molecular flexibility index (Phi) is 7.36. The summed E-state index contributed by atoms with van der Waals surface area (Å²) in [5.74, 6) is -0.354. The molecule has 0 saturated carbocycles. The van der Waals surface area contributed by atoms with Gasteiger partial charge in [0, 0.05) is 43.4 Å². The highest BCUT2D eigenvalue weighted by atomic mass is 35.5. The lowest BCUT2D eigenvalue weighted by Crippen LogP contribution is -2.51. The van der Waals surface area contributed by atoms with Gasteiger partial charge in [0.05, 0.1) is 17.0 Å². The van der Waals surface area contributed by atoms with Crippen LogP contribution in [0.4, 0.5) is 18.9 Å². The molecule has 1 heterocycles. The lowest BCUT2D eigenvalue weighted by Gasteiger charge is -2.37. The van der Waals surface area contributed by atoms with Crippen LogP contribution in [0.15, 0.2) is 53.4 Å². The Balaban J connectivity index is 1.63. The van der Waals surface area contributed by atoms with Crippen LogP contribution < -0.4 is 4.90 Å². The number of anilines is 1. The number of rotatable bonds is 6. The van der Waals surface area contributed by atoms with E-state index in [1.807, 2.05) is 0 Å². The molecule has 0 spiro atoms. The second-order valence-electron chi connectivity index (χ2n) is 7.30. The van der Waals surface area contributed by atoms with Crippen molar-refractivity contribution in [1.29, 1.82) is 0 Å². The summed E-state index contributed by atoms with van der Waals surface area (Å²) in [7, 11) is -3.86. The standard InChI is InChI=1S/C21H23ClF3N3O3S/c1-2-28(32(30,31)19-8-6-17(22)7-9-19)15-20(29)27-12-10-26(11-13-27)18-5-3-4-16(14-18)21(23,24)25/h3-9,14H,2,10-13,15H2,1H3. The summed E-state index contributed by atoms with van der Waals surface area (Å²) in [5.41, 5.74) is -0.285. The molecule has 0 N–H and O–H groups in total. The maximum absolute atomic E-state index is 13.0. The van der Waals surface area contributed by atoms with E-state index >= 15 is 0 Å². The molecular formula is C21H23ClF3N3O3S. The summed E-state index contributed by atoms with van der Waals surface area (Å²) in [6.07, 6.45) is -4.42. The monoisotopic (exact) mass is 489 g/mol. The number of carbonyl (C=O) groups excluding carboxylic acids is 1. The van der Waals surface area contributed by atoms with Crippen molar-refractivity contribution in [2.24, 2.45) is 0 Å². The minimum atomic E-state index is -4.42. The number of piperazine rings is 1. The number of hydrogen-bond acceptors (Lipinski definition) is 4. The molecule has 32 heavy (non-hydrogen) atoms. The third kappa shape index (κ3) is 5.54. The number of sulfonamides is 1. The Morgan fingerprint density at radius 2 is 1.69 bits per heavy atom. The molecule has 2 aromatic carbocycles. The first-order valence-corrected chi connectivity index (χ1v) is 11.8. The van der Waals surface area contributed by atoms with Gasteiger partial charge < -0.3 is 9.80 Å². The van der Waals surface area contributed by atoms with E-state index in [4.69, 9.17) is 11.6 Å². The van der Waals surface area contributed by atoms with E-state index in [0.717, 1.165) is 16.4 Å².